The van der Waals surface area contributed by atoms with E-state index in [0.717, 1.165) is 57.8 Å². The van der Waals surface area contributed by atoms with Crippen LogP contribution < -0.4 is 11.1 Å². The highest BCUT2D eigenvalue weighted by Crippen LogP contribution is 2.43. The summed E-state index contributed by atoms with van der Waals surface area (Å²) in [6.45, 7) is 3.84. The van der Waals surface area contributed by atoms with Gasteiger partial charge in [0.05, 0.1) is 37.9 Å². The van der Waals surface area contributed by atoms with E-state index in [2.05, 4.69) is 55.6 Å². The SMILES string of the molecule is CCCCC/C=C\C/C=C\CCCCCCCC(O)CC(=O)NC(COP(=O)(O)OCCN)C(O)/C=C/CC/C=C/CCCCCC. The molecule has 0 saturated carbocycles. The lowest BCUT2D eigenvalue weighted by molar-refractivity contribution is -0.124. The number of hydrogen-bond donors (Lipinski definition) is 5. The van der Waals surface area contributed by atoms with Gasteiger partial charge in [-0.15, -0.1) is 0 Å². The zero-order valence-corrected chi connectivity index (χ0v) is 30.5. The third kappa shape index (κ3) is 31.4. The molecule has 0 aliphatic carbocycles. The smallest absolute Gasteiger partial charge is 0.393 e. The molecule has 47 heavy (non-hydrogen) atoms. The fourth-order valence-corrected chi connectivity index (χ4v) is 5.63. The van der Waals surface area contributed by atoms with Crippen molar-refractivity contribution in [3.8, 4) is 0 Å². The first-order valence-corrected chi connectivity index (χ1v) is 19.8. The number of nitrogens with one attached hydrogen (secondary N) is 1. The normalized spacial score (nSPS) is 15.6. The first-order chi connectivity index (χ1) is 22.8. The number of allylic oxidation sites excluding steroid dienone is 7. The van der Waals surface area contributed by atoms with E-state index >= 15 is 0 Å². The summed E-state index contributed by atoms with van der Waals surface area (Å²) in [6, 6.07) is -1.00. The minimum Gasteiger partial charge on any atom is -0.393 e. The maximum absolute atomic E-state index is 12.7. The molecule has 0 aliphatic heterocycles. The lowest BCUT2D eigenvalue weighted by Gasteiger charge is -2.24. The summed E-state index contributed by atoms with van der Waals surface area (Å²) in [5, 5.41) is 23.8. The molecule has 0 radical (unpaired) electrons. The minimum absolute atomic E-state index is 0.0409. The van der Waals surface area contributed by atoms with Crippen LogP contribution in [0.1, 0.15) is 142 Å². The van der Waals surface area contributed by atoms with Crippen molar-refractivity contribution in [3.63, 3.8) is 0 Å². The summed E-state index contributed by atoms with van der Waals surface area (Å²) in [6.07, 6.45) is 34.9. The Morgan fingerprint density at radius 1 is 0.745 bits per heavy atom. The Bertz CT molecular complexity index is 894. The summed E-state index contributed by atoms with van der Waals surface area (Å²) < 4.78 is 21.9. The van der Waals surface area contributed by atoms with Crippen LogP contribution in [0.15, 0.2) is 48.6 Å². The Labute approximate surface area is 286 Å². The molecule has 0 aromatic carbocycles. The van der Waals surface area contributed by atoms with Crippen LogP contribution >= 0.6 is 7.82 Å². The lowest BCUT2D eigenvalue weighted by Crippen LogP contribution is -2.46. The molecule has 10 heteroatoms. The van der Waals surface area contributed by atoms with Gasteiger partial charge in [0.25, 0.3) is 0 Å². The number of phosphoric ester groups is 1. The van der Waals surface area contributed by atoms with Gasteiger partial charge in [0.1, 0.15) is 0 Å². The van der Waals surface area contributed by atoms with Gasteiger partial charge in [-0.2, -0.15) is 0 Å². The van der Waals surface area contributed by atoms with Crippen LogP contribution in [0.2, 0.25) is 0 Å². The van der Waals surface area contributed by atoms with Crippen LogP contribution in [0.5, 0.6) is 0 Å². The van der Waals surface area contributed by atoms with Crippen molar-refractivity contribution < 1.29 is 33.5 Å². The third-order valence-electron chi connectivity index (χ3n) is 7.68. The fraction of sp³-hybridized carbons (Fsp3) is 0.757. The van der Waals surface area contributed by atoms with E-state index in [1.165, 1.54) is 51.4 Å². The molecule has 0 rings (SSSR count). The Kier molecular flexibility index (Phi) is 31.8. The highest BCUT2D eigenvalue weighted by atomic mass is 31.2. The van der Waals surface area contributed by atoms with Crippen LogP contribution in [0.3, 0.4) is 0 Å². The quantitative estimate of drug-likeness (QED) is 0.0263. The number of nitrogens with two attached hydrogens (primary N) is 1. The van der Waals surface area contributed by atoms with E-state index in [-0.39, 0.29) is 19.6 Å². The van der Waals surface area contributed by atoms with Crippen molar-refractivity contribution in [2.75, 3.05) is 19.8 Å². The number of amides is 1. The van der Waals surface area contributed by atoms with Gasteiger partial charge in [-0.1, -0.05) is 120 Å². The maximum atomic E-state index is 12.7. The van der Waals surface area contributed by atoms with Gasteiger partial charge in [-0.05, 0) is 64.2 Å². The van der Waals surface area contributed by atoms with Gasteiger partial charge in [0.15, 0.2) is 0 Å². The second-order valence-corrected chi connectivity index (χ2v) is 13.7. The van der Waals surface area contributed by atoms with E-state index in [9.17, 15) is 24.5 Å². The maximum Gasteiger partial charge on any atom is 0.472 e. The van der Waals surface area contributed by atoms with Crippen molar-refractivity contribution in [1.82, 2.24) is 5.32 Å². The molecule has 4 atom stereocenters. The number of carbonyl (C=O) groups excluding carboxylic acids is 1. The molecule has 0 heterocycles. The molecule has 0 aromatic rings. The molecule has 6 N–H and O–H groups in total. The molecule has 274 valence electrons. The predicted octanol–water partition coefficient (Wildman–Crippen LogP) is 8.35. The number of aliphatic hydroxyl groups excluding tert-OH is 2. The Hall–Kier alpha value is -1.58. The molecular formula is C37H69N2O7P. The number of phosphoric acid groups is 1. The second kappa shape index (κ2) is 32.9. The first kappa shape index (κ1) is 45.4. The van der Waals surface area contributed by atoms with Gasteiger partial charge in [0, 0.05) is 6.54 Å². The zero-order valence-electron chi connectivity index (χ0n) is 29.6. The number of rotatable bonds is 33. The third-order valence-corrected chi connectivity index (χ3v) is 8.67. The number of unbranched alkanes of at least 4 members (excludes halogenated alkanes) is 13. The Balaban J connectivity index is 4.48. The molecule has 0 saturated heterocycles. The molecule has 0 fully saturated rings. The molecule has 0 aliphatic rings. The molecule has 0 spiro atoms. The van der Waals surface area contributed by atoms with E-state index in [1.807, 2.05) is 6.08 Å². The summed E-state index contributed by atoms with van der Waals surface area (Å²) in [7, 11) is -4.40. The Morgan fingerprint density at radius 3 is 1.94 bits per heavy atom. The summed E-state index contributed by atoms with van der Waals surface area (Å²) in [5.41, 5.74) is 5.33. The molecule has 1 amide bonds. The van der Waals surface area contributed by atoms with Crippen LogP contribution in [0, 0.1) is 0 Å². The van der Waals surface area contributed by atoms with Crippen molar-refractivity contribution >= 4 is 13.7 Å². The van der Waals surface area contributed by atoms with Crippen LogP contribution in [-0.2, 0) is 18.4 Å². The van der Waals surface area contributed by atoms with Crippen LogP contribution in [0.4, 0.5) is 0 Å². The van der Waals surface area contributed by atoms with E-state index in [4.69, 9.17) is 14.8 Å². The van der Waals surface area contributed by atoms with Gasteiger partial charge in [-0.3, -0.25) is 13.8 Å². The molecule has 9 nitrogen and oxygen atoms in total. The van der Waals surface area contributed by atoms with Crippen LogP contribution in [-0.4, -0.2) is 59.0 Å². The van der Waals surface area contributed by atoms with Crippen molar-refractivity contribution in [2.45, 2.75) is 161 Å². The van der Waals surface area contributed by atoms with Gasteiger partial charge in [-0.25, -0.2) is 4.57 Å². The molecule has 4 unspecified atom stereocenters. The summed E-state index contributed by atoms with van der Waals surface area (Å²) in [4.78, 5) is 22.6. The Morgan fingerprint density at radius 2 is 1.28 bits per heavy atom. The average molecular weight is 685 g/mol. The van der Waals surface area contributed by atoms with Crippen molar-refractivity contribution in [2.24, 2.45) is 5.73 Å². The average Bonchev–Trinajstić information content (AvgIpc) is 3.04. The number of aliphatic hydroxyl groups is 2. The highest BCUT2D eigenvalue weighted by molar-refractivity contribution is 7.47. The lowest BCUT2D eigenvalue weighted by atomic mass is 10.0. The first-order valence-electron chi connectivity index (χ1n) is 18.3. The molecular weight excluding hydrogens is 615 g/mol. The summed E-state index contributed by atoms with van der Waals surface area (Å²) >= 11 is 0. The fourth-order valence-electron chi connectivity index (χ4n) is 4.87. The molecule has 0 aromatic heterocycles. The minimum atomic E-state index is -4.40. The standard InChI is InChI=1S/C37H69N2O7P/c1-3-5-7-9-11-13-15-16-17-18-19-20-22-24-26-28-34(40)32-37(42)39-35(33-46-47(43,44)45-31-30-38)36(41)29-27-25-23-21-14-12-10-8-6-4-2/h11,13-14,16-17,21,27,29,34-36,40-41H,3-10,12,15,18-20,22-26,28,30-33,38H2,1-2H3,(H,39,42)(H,43,44)/b13-11-,17-16-,21-14+,29-27+. The van der Waals surface area contributed by atoms with E-state index in [0.29, 0.717) is 12.8 Å². The number of hydrogen-bond acceptors (Lipinski definition) is 7. The van der Waals surface area contributed by atoms with Gasteiger partial charge in [0.2, 0.25) is 5.91 Å². The summed E-state index contributed by atoms with van der Waals surface area (Å²) in [5.74, 6) is -0.470. The van der Waals surface area contributed by atoms with Crippen molar-refractivity contribution in [1.29, 1.82) is 0 Å². The highest BCUT2D eigenvalue weighted by Gasteiger charge is 2.27. The largest absolute Gasteiger partial charge is 0.472 e. The second-order valence-electron chi connectivity index (χ2n) is 12.3. The van der Waals surface area contributed by atoms with Crippen molar-refractivity contribution in [3.05, 3.63) is 48.6 Å². The van der Waals surface area contributed by atoms with Crippen LogP contribution in [0.25, 0.3) is 0 Å². The topological polar surface area (TPSA) is 151 Å². The van der Waals surface area contributed by atoms with E-state index < -0.39 is 38.6 Å². The number of carbonyl (C=O) groups is 1. The zero-order chi connectivity index (χ0) is 34.9. The monoisotopic (exact) mass is 684 g/mol. The molecule has 0 bridgehead atoms. The van der Waals surface area contributed by atoms with Gasteiger partial charge >= 0.3 is 7.82 Å². The van der Waals surface area contributed by atoms with E-state index in [1.54, 1.807) is 6.08 Å². The van der Waals surface area contributed by atoms with Gasteiger partial charge < -0.3 is 26.2 Å². The predicted molar refractivity (Wildman–Crippen MR) is 195 cm³/mol.